The van der Waals surface area contributed by atoms with E-state index in [9.17, 15) is 13.5 Å². The molecule has 47 heavy (non-hydrogen) atoms. The fraction of sp³-hybridized carbons (Fsp3) is 0.231. The number of nitrogens with zero attached hydrogens (tertiary/aromatic N) is 1. The van der Waals surface area contributed by atoms with Crippen molar-refractivity contribution in [3.8, 4) is 11.1 Å². The zero-order valence-corrected chi connectivity index (χ0v) is 27.2. The summed E-state index contributed by atoms with van der Waals surface area (Å²) in [4.78, 5) is 2.52. The molecule has 0 bridgehead atoms. The normalized spacial score (nSPS) is 18.3. The Hall–Kier alpha value is -4.15. The number of aliphatic hydroxyl groups is 1. The highest BCUT2D eigenvalue weighted by Gasteiger charge is 2.33. The molecule has 5 aromatic rings. The van der Waals surface area contributed by atoms with E-state index in [1.165, 1.54) is 5.56 Å². The van der Waals surface area contributed by atoms with Crippen molar-refractivity contribution in [2.24, 2.45) is 0 Å². The van der Waals surface area contributed by atoms with Crippen LogP contribution in [-0.4, -0.2) is 38.1 Å². The molecule has 5 aromatic carbocycles. The van der Waals surface area contributed by atoms with Gasteiger partial charge in [0, 0.05) is 31.6 Å². The standard InChI is InChI=1S/C39H40N2O5S/c1-41(26-29-10-4-2-5-11-29)27-35-24-38(32-18-16-30(28-42)17-19-32)46-39(45-35)33-22-20-31(21-23-33)37-15-9-8-12-34(37)25-40-47(43,44)36-13-6-3-7-14-36/h2-23,35,38-40,42H,24-28H2,1H3. The van der Waals surface area contributed by atoms with Gasteiger partial charge in [0.1, 0.15) is 0 Å². The zero-order valence-electron chi connectivity index (χ0n) is 26.4. The minimum absolute atomic E-state index is 0.00117. The molecule has 1 heterocycles. The summed E-state index contributed by atoms with van der Waals surface area (Å²) in [5, 5.41) is 9.54. The number of nitrogens with one attached hydrogen (secondary N) is 1. The summed E-state index contributed by atoms with van der Waals surface area (Å²) >= 11 is 0. The Morgan fingerprint density at radius 2 is 1.38 bits per heavy atom. The van der Waals surface area contributed by atoms with Crippen molar-refractivity contribution >= 4 is 10.0 Å². The van der Waals surface area contributed by atoms with Crippen LogP contribution in [0.4, 0.5) is 0 Å². The Balaban J connectivity index is 1.19. The summed E-state index contributed by atoms with van der Waals surface area (Å²) in [6, 6.07) is 42.6. The van der Waals surface area contributed by atoms with Crippen molar-refractivity contribution in [1.29, 1.82) is 0 Å². The molecule has 0 saturated carbocycles. The van der Waals surface area contributed by atoms with Crippen molar-refractivity contribution in [2.75, 3.05) is 13.6 Å². The average Bonchev–Trinajstić information content (AvgIpc) is 3.11. The Kier molecular flexibility index (Phi) is 10.6. The van der Waals surface area contributed by atoms with E-state index in [4.69, 9.17) is 9.47 Å². The van der Waals surface area contributed by atoms with Crippen LogP contribution in [0.5, 0.6) is 0 Å². The second kappa shape index (κ2) is 15.2. The Morgan fingerprint density at radius 1 is 0.745 bits per heavy atom. The van der Waals surface area contributed by atoms with Gasteiger partial charge >= 0.3 is 0 Å². The van der Waals surface area contributed by atoms with Gasteiger partial charge in [-0.2, -0.15) is 0 Å². The van der Waals surface area contributed by atoms with Crippen LogP contribution < -0.4 is 4.72 Å². The van der Waals surface area contributed by atoms with Crippen LogP contribution in [0.3, 0.4) is 0 Å². The van der Waals surface area contributed by atoms with Crippen molar-refractivity contribution in [3.63, 3.8) is 0 Å². The van der Waals surface area contributed by atoms with E-state index in [1.807, 2.05) is 78.9 Å². The fourth-order valence-electron chi connectivity index (χ4n) is 5.97. The van der Waals surface area contributed by atoms with Gasteiger partial charge in [0.25, 0.3) is 0 Å². The molecular weight excluding hydrogens is 609 g/mol. The van der Waals surface area contributed by atoms with Crippen LogP contribution in [0.1, 0.15) is 46.6 Å². The lowest BCUT2D eigenvalue weighted by atomic mass is 9.97. The number of ether oxygens (including phenoxy) is 2. The van der Waals surface area contributed by atoms with Gasteiger partial charge in [-0.25, -0.2) is 13.1 Å². The average molecular weight is 649 g/mol. The van der Waals surface area contributed by atoms with Crippen molar-refractivity contribution in [3.05, 3.63) is 161 Å². The molecule has 7 nitrogen and oxygen atoms in total. The quantitative estimate of drug-likeness (QED) is 0.152. The molecule has 3 atom stereocenters. The summed E-state index contributed by atoms with van der Waals surface area (Å²) in [7, 11) is -1.53. The number of benzene rings is 5. The minimum atomic E-state index is -3.64. The van der Waals surface area contributed by atoms with E-state index < -0.39 is 16.3 Å². The van der Waals surface area contributed by atoms with Gasteiger partial charge in [-0.1, -0.05) is 121 Å². The third kappa shape index (κ3) is 8.42. The number of hydrogen-bond donors (Lipinski definition) is 2. The van der Waals surface area contributed by atoms with Gasteiger partial charge in [0.05, 0.1) is 23.7 Å². The summed E-state index contributed by atoms with van der Waals surface area (Å²) < 4.78 is 41.6. The van der Waals surface area contributed by atoms with Gasteiger partial charge in [0.15, 0.2) is 6.29 Å². The first-order valence-corrected chi connectivity index (χ1v) is 17.3. The lowest BCUT2D eigenvalue weighted by Crippen LogP contribution is -2.37. The Labute approximate surface area is 277 Å². The van der Waals surface area contributed by atoms with Gasteiger partial charge in [-0.15, -0.1) is 0 Å². The fourth-order valence-corrected chi connectivity index (χ4v) is 7.00. The third-order valence-electron chi connectivity index (χ3n) is 8.44. The molecular formula is C39H40N2O5S. The lowest BCUT2D eigenvalue weighted by molar-refractivity contribution is -0.252. The summed E-state index contributed by atoms with van der Waals surface area (Å²) in [6.07, 6.45) is -0.0978. The predicted molar refractivity (Wildman–Crippen MR) is 184 cm³/mol. The predicted octanol–water partition coefficient (Wildman–Crippen LogP) is 7.00. The van der Waals surface area contributed by atoms with E-state index in [-0.39, 0.29) is 30.3 Å². The SMILES string of the molecule is CN(Cc1ccccc1)CC1CC(c2ccc(CO)cc2)OC(c2ccc(-c3ccccc3CNS(=O)(=O)c3ccccc3)cc2)O1. The third-order valence-corrected chi connectivity index (χ3v) is 9.86. The summed E-state index contributed by atoms with van der Waals surface area (Å²) in [5.74, 6) is 0. The number of hydrogen-bond acceptors (Lipinski definition) is 6. The molecule has 1 aliphatic rings. The highest BCUT2D eigenvalue weighted by atomic mass is 32.2. The molecule has 6 rings (SSSR count). The van der Waals surface area contributed by atoms with E-state index in [0.717, 1.165) is 46.5 Å². The van der Waals surface area contributed by atoms with Crippen molar-refractivity contribution in [2.45, 2.75) is 49.5 Å². The molecule has 0 amide bonds. The van der Waals surface area contributed by atoms with Gasteiger partial charge in [-0.05, 0) is 52.6 Å². The number of aliphatic hydroxyl groups excluding tert-OH is 1. The molecule has 2 N–H and O–H groups in total. The van der Waals surface area contributed by atoms with Crippen LogP contribution in [-0.2, 0) is 39.2 Å². The number of rotatable bonds is 12. The molecule has 1 aliphatic heterocycles. The smallest absolute Gasteiger partial charge is 0.240 e. The zero-order chi connectivity index (χ0) is 32.6. The highest BCUT2D eigenvalue weighted by Crippen LogP contribution is 2.39. The lowest BCUT2D eigenvalue weighted by Gasteiger charge is -2.38. The summed E-state index contributed by atoms with van der Waals surface area (Å²) in [6.45, 7) is 1.72. The molecule has 242 valence electrons. The molecule has 0 aliphatic carbocycles. The first-order valence-electron chi connectivity index (χ1n) is 15.8. The molecule has 8 heteroatoms. The largest absolute Gasteiger partial charge is 0.392 e. The number of likely N-dealkylation sites (N-methyl/N-ethyl adjacent to an activating group) is 1. The van der Waals surface area contributed by atoms with Crippen LogP contribution in [0, 0.1) is 0 Å². The number of sulfonamides is 1. The maximum absolute atomic E-state index is 12.9. The molecule has 3 unspecified atom stereocenters. The molecule has 0 aromatic heterocycles. The highest BCUT2D eigenvalue weighted by molar-refractivity contribution is 7.89. The van der Waals surface area contributed by atoms with Gasteiger partial charge in [-0.3, -0.25) is 4.90 Å². The molecule has 0 radical (unpaired) electrons. The summed E-state index contributed by atoms with van der Waals surface area (Å²) in [5.41, 5.74) is 6.85. The van der Waals surface area contributed by atoms with E-state index >= 15 is 0 Å². The Morgan fingerprint density at radius 3 is 2.09 bits per heavy atom. The van der Waals surface area contributed by atoms with Crippen molar-refractivity contribution < 1.29 is 23.0 Å². The van der Waals surface area contributed by atoms with Crippen LogP contribution >= 0.6 is 0 Å². The van der Waals surface area contributed by atoms with Crippen LogP contribution in [0.2, 0.25) is 0 Å². The maximum atomic E-state index is 12.9. The van der Waals surface area contributed by atoms with E-state index in [2.05, 4.69) is 40.9 Å². The second-order valence-electron chi connectivity index (χ2n) is 11.9. The second-order valence-corrected chi connectivity index (χ2v) is 13.7. The van der Waals surface area contributed by atoms with Crippen molar-refractivity contribution in [1.82, 2.24) is 9.62 Å². The van der Waals surface area contributed by atoms with E-state index in [0.29, 0.717) is 6.42 Å². The monoisotopic (exact) mass is 648 g/mol. The van der Waals surface area contributed by atoms with Gasteiger partial charge in [0.2, 0.25) is 10.0 Å². The topological polar surface area (TPSA) is 88.1 Å². The molecule has 1 saturated heterocycles. The minimum Gasteiger partial charge on any atom is -0.392 e. The van der Waals surface area contributed by atoms with Crippen LogP contribution in [0.25, 0.3) is 11.1 Å². The first kappa shape index (κ1) is 32.8. The maximum Gasteiger partial charge on any atom is 0.240 e. The van der Waals surface area contributed by atoms with E-state index in [1.54, 1.807) is 30.3 Å². The Bertz CT molecular complexity index is 1830. The van der Waals surface area contributed by atoms with Gasteiger partial charge < -0.3 is 14.6 Å². The first-order chi connectivity index (χ1) is 22.9. The molecule has 0 spiro atoms. The molecule has 1 fully saturated rings. The van der Waals surface area contributed by atoms with Crippen LogP contribution in [0.15, 0.2) is 138 Å².